The van der Waals surface area contributed by atoms with Crippen LogP contribution in [0.25, 0.3) is 0 Å². The van der Waals surface area contributed by atoms with Gasteiger partial charge in [0.1, 0.15) is 6.61 Å². The molecule has 13 heavy (non-hydrogen) atoms. The average molecular weight is 181 g/mol. The number of aromatic nitrogens is 1. The Morgan fingerprint density at radius 2 is 2.38 bits per heavy atom. The van der Waals surface area contributed by atoms with Gasteiger partial charge in [-0.3, -0.25) is 4.79 Å². The number of ether oxygens (including phenoxy) is 1. The first-order valence-electron chi connectivity index (χ1n) is 4.47. The fraction of sp³-hybridized carbons (Fsp3) is 0.500. The van der Waals surface area contributed by atoms with Gasteiger partial charge >= 0.3 is 0 Å². The molecule has 1 rings (SSSR count). The van der Waals surface area contributed by atoms with Gasteiger partial charge in [-0.25, -0.2) is 0 Å². The van der Waals surface area contributed by atoms with E-state index >= 15 is 0 Å². The van der Waals surface area contributed by atoms with Crippen LogP contribution < -0.4 is 0 Å². The first kappa shape index (κ1) is 9.99. The quantitative estimate of drug-likeness (QED) is 0.510. The SMILES string of the molecule is CCCOCC(=O)c1ccn(C)c1. The summed E-state index contributed by atoms with van der Waals surface area (Å²) in [5, 5.41) is 0. The van der Waals surface area contributed by atoms with Gasteiger partial charge in [0, 0.05) is 31.6 Å². The molecule has 3 nitrogen and oxygen atoms in total. The minimum Gasteiger partial charge on any atom is -0.373 e. The minimum absolute atomic E-state index is 0.0500. The maximum absolute atomic E-state index is 11.4. The number of aryl methyl sites for hydroxylation is 1. The lowest BCUT2D eigenvalue weighted by Crippen LogP contribution is -2.08. The number of nitrogens with zero attached hydrogens (tertiary/aromatic N) is 1. The number of carbonyl (C=O) groups is 1. The molecule has 0 unspecified atom stereocenters. The smallest absolute Gasteiger partial charge is 0.189 e. The van der Waals surface area contributed by atoms with Crippen LogP contribution in [-0.4, -0.2) is 23.6 Å². The van der Waals surface area contributed by atoms with Crippen LogP contribution in [0.3, 0.4) is 0 Å². The van der Waals surface area contributed by atoms with Gasteiger partial charge in [0.05, 0.1) is 0 Å². The third-order valence-corrected chi connectivity index (χ3v) is 1.74. The Kier molecular flexibility index (Phi) is 3.71. The Hall–Kier alpha value is -1.09. The molecule has 0 radical (unpaired) electrons. The Balaban J connectivity index is 2.40. The van der Waals surface area contributed by atoms with Gasteiger partial charge in [0.2, 0.25) is 0 Å². The highest BCUT2D eigenvalue weighted by atomic mass is 16.5. The van der Waals surface area contributed by atoms with Gasteiger partial charge in [-0.05, 0) is 12.5 Å². The normalized spacial score (nSPS) is 10.3. The van der Waals surface area contributed by atoms with Crippen LogP contribution in [0.1, 0.15) is 23.7 Å². The summed E-state index contributed by atoms with van der Waals surface area (Å²) in [5.41, 5.74) is 0.721. The second-order valence-corrected chi connectivity index (χ2v) is 3.04. The molecule has 72 valence electrons. The summed E-state index contributed by atoms with van der Waals surface area (Å²) in [5.74, 6) is 0.0500. The van der Waals surface area contributed by atoms with Crippen molar-refractivity contribution >= 4 is 5.78 Å². The number of rotatable bonds is 5. The molecule has 0 saturated heterocycles. The predicted molar refractivity (Wildman–Crippen MR) is 50.9 cm³/mol. The van der Waals surface area contributed by atoms with Gasteiger partial charge in [0.25, 0.3) is 0 Å². The molecule has 0 atom stereocenters. The van der Waals surface area contributed by atoms with Crippen LogP contribution in [0.5, 0.6) is 0 Å². The zero-order valence-electron chi connectivity index (χ0n) is 8.12. The molecule has 0 aliphatic carbocycles. The van der Waals surface area contributed by atoms with Crippen LogP contribution in [0.4, 0.5) is 0 Å². The molecule has 0 aliphatic rings. The van der Waals surface area contributed by atoms with E-state index in [9.17, 15) is 4.79 Å². The Morgan fingerprint density at radius 1 is 1.62 bits per heavy atom. The Labute approximate surface area is 78.3 Å². The van der Waals surface area contributed by atoms with E-state index in [0.29, 0.717) is 6.61 Å². The van der Waals surface area contributed by atoms with Crippen molar-refractivity contribution in [2.24, 2.45) is 7.05 Å². The molecule has 3 heteroatoms. The Bertz CT molecular complexity index is 278. The molecule has 0 amide bonds. The van der Waals surface area contributed by atoms with Gasteiger partial charge < -0.3 is 9.30 Å². The predicted octanol–water partition coefficient (Wildman–Crippen LogP) is 1.63. The van der Waals surface area contributed by atoms with E-state index in [2.05, 4.69) is 0 Å². The van der Waals surface area contributed by atoms with Crippen LogP contribution in [-0.2, 0) is 11.8 Å². The summed E-state index contributed by atoms with van der Waals surface area (Å²) < 4.78 is 7.00. The molecule has 1 aromatic heterocycles. The van der Waals surface area contributed by atoms with E-state index in [-0.39, 0.29) is 12.4 Å². The van der Waals surface area contributed by atoms with Crippen molar-refractivity contribution in [3.8, 4) is 0 Å². The number of carbonyl (C=O) groups excluding carboxylic acids is 1. The van der Waals surface area contributed by atoms with Crippen molar-refractivity contribution in [1.29, 1.82) is 0 Å². The second-order valence-electron chi connectivity index (χ2n) is 3.04. The largest absolute Gasteiger partial charge is 0.373 e. The zero-order chi connectivity index (χ0) is 9.68. The van der Waals surface area contributed by atoms with Crippen molar-refractivity contribution in [3.05, 3.63) is 24.0 Å². The number of hydrogen-bond donors (Lipinski definition) is 0. The van der Waals surface area contributed by atoms with Crippen molar-refractivity contribution in [1.82, 2.24) is 4.57 Å². The van der Waals surface area contributed by atoms with Crippen molar-refractivity contribution in [2.45, 2.75) is 13.3 Å². The fourth-order valence-electron chi connectivity index (χ4n) is 1.06. The number of ketones is 1. The second kappa shape index (κ2) is 4.82. The summed E-state index contributed by atoms with van der Waals surface area (Å²) in [7, 11) is 1.89. The van der Waals surface area contributed by atoms with Gasteiger partial charge in [-0.1, -0.05) is 6.92 Å². The fourth-order valence-corrected chi connectivity index (χ4v) is 1.06. The van der Waals surface area contributed by atoms with Gasteiger partial charge in [-0.2, -0.15) is 0 Å². The number of hydrogen-bond acceptors (Lipinski definition) is 2. The van der Waals surface area contributed by atoms with Crippen LogP contribution in [0, 0.1) is 0 Å². The van der Waals surface area contributed by atoms with Crippen LogP contribution >= 0.6 is 0 Å². The van der Waals surface area contributed by atoms with E-state index in [1.807, 2.05) is 24.7 Å². The highest BCUT2D eigenvalue weighted by Gasteiger charge is 2.05. The average Bonchev–Trinajstić information content (AvgIpc) is 2.52. The summed E-state index contributed by atoms with van der Waals surface area (Å²) in [4.78, 5) is 11.4. The highest BCUT2D eigenvalue weighted by molar-refractivity contribution is 5.96. The van der Waals surface area contributed by atoms with Crippen LogP contribution in [0.15, 0.2) is 18.5 Å². The topological polar surface area (TPSA) is 31.2 Å². The molecule has 0 spiro atoms. The third-order valence-electron chi connectivity index (χ3n) is 1.74. The maximum atomic E-state index is 11.4. The lowest BCUT2D eigenvalue weighted by atomic mass is 10.2. The third kappa shape index (κ3) is 3.03. The standard InChI is InChI=1S/C10H15NO2/c1-3-6-13-8-10(12)9-4-5-11(2)7-9/h4-5,7H,3,6,8H2,1-2H3. The molecule has 0 bridgehead atoms. The maximum Gasteiger partial charge on any atom is 0.189 e. The minimum atomic E-state index is 0.0500. The summed E-state index contributed by atoms with van der Waals surface area (Å²) in [6.45, 7) is 2.86. The lowest BCUT2D eigenvalue weighted by molar-refractivity contribution is 0.0761. The van der Waals surface area contributed by atoms with Gasteiger partial charge in [-0.15, -0.1) is 0 Å². The molecule has 0 fully saturated rings. The molecule has 0 N–H and O–H groups in total. The van der Waals surface area contributed by atoms with E-state index in [0.717, 1.165) is 12.0 Å². The molecule has 0 saturated carbocycles. The van der Waals surface area contributed by atoms with E-state index in [1.54, 1.807) is 12.3 Å². The molecular formula is C10H15NO2. The molecular weight excluding hydrogens is 166 g/mol. The van der Waals surface area contributed by atoms with Crippen molar-refractivity contribution in [2.75, 3.05) is 13.2 Å². The highest BCUT2D eigenvalue weighted by Crippen LogP contribution is 2.01. The first-order chi connectivity index (χ1) is 6.24. The lowest BCUT2D eigenvalue weighted by Gasteiger charge is -1.99. The van der Waals surface area contributed by atoms with E-state index < -0.39 is 0 Å². The Morgan fingerprint density at radius 3 is 2.92 bits per heavy atom. The molecule has 0 aliphatic heterocycles. The van der Waals surface area contributed by atoms with E-state index in [1.165, 1.54) is 0 Å². The monoisotopic (exact) mass is 181 g/mol. The van der Waals surface area contributed by atoms with Crippen molar-refractivity contribution < 1.29 is 9.53 Å². The van der Waals surface area contributed by atoms with Crippen LogP contribution in [0.2, 0.25) is 0 Å². The molecule has 0 aromatic carbocycles. The molecule has 1 heterocycles. The van der Waals surface area contributed by atoms with Gasteiger partial charge in [0.15, 0.2) is 5.78 Å². The molecule has 1 aromatic rings. The first-order valence-corrected chi connectivity index (χ1v) is 4.47. The van der Waals surface area contributed by atoms with E-state index in [4.69, 9.17) is 4.74 Å². The summed E-state index contributed by atoms with van der Waals surface area (Å²) in [6, 6.07) is 1.80. The number of Topliss-reactive ketones (excluding diaryl/α,β-unsaturated/α-hetero) is 1. The summed E-state index contributed by atoms with van der Waals surface area (Å²) in [6.07, 6.45) is 4.60. The zero-order valence-corrected chi connectivity index (χ0v) is 8.12. The summed E-state index contributed by atoms with van der Waals surface area (Å²) >= 11 is 0. The van der Waals surface area contributed by atoms with Crippen molar-refractivity contribution in [3.63, 3.8) is 0 Å².